The molecule has 0 atom stereocenters. The summed E-state index contributed by atoms with van der Waals surface area (Å²) in [5.41, 5.74) is 2.18. The zero-order chi connectivity index (χ0) is 21.7. The summed E-state index contributed by atoms with van der Waals surface area (Å²) in [6, 6.07) is 15.9. The fraction of sp³-hybridized carbons (Fsp3) is 0.261. The summed E-state index contributed by atoms with van der Waals surface area (Å²) < 4.78 is 3.22. The molecule has 2 N–H and O–H groups in total. The van der Waals surface area contributed by atoms with E-state index in [1.165, 1.54) is 4.68 Å². The summed E-state index contributed by atoms with van der Waals surface area (Å²) in [7, 11) is 1.77. The third-order valence-corrected chi connectivity index (χ3v) is 4.96. The summed E-state index contributed by atoms with van der Waals surface area (Å²) in [6.07, 6.45) is 2.19. The van der Waals surface area contributed by atoms with Gasteiger partial charge in [-0.1, -0.05) is 37.6 Å². The zero-order valence-corrected chi connectivity index (χ0v) is 17.4. The van der Waals surface area contributed by atoms with Gasteiger partial charge in [0.05, 0.1) is 11.4 Å². The van der Waals surface area contributed by atoms with Gasteiger partial charge >= 0.3 is 0 Å². The third-order valence-electron chi connectivity index (χ3n) is 4.96. The second-order valence-corrected chi connectivity index (χ2v) is 7.12. The maximum atomic E-state index is 13.0. The van der Waals surface area contributed by atoms with Crippen LogP contribution < -0.4 is 16.2 Å². The first kappa shape index (κ1) is 21.1. The largest absolute Gasteiger partial charge is 0.326 e. The number of carbonyl (C=O) groups excluding carboxylic acids is 2. The van der Waals surface area contributed by atoms with Crippen LogP contribution in [-0.4, -0.2) is 21.2 Å². The van der Waals surface area contributed by atoms with Gasteiger partial charge in [-0.3, -0.25) is 19.1 Å². The molecule has 0 fully saturated rings. The molecule has 0 aliphatic rings. The molecule has 0 saturated heterocycles. The van der Waals surface area contributed by atoms with Crippen LogP contribution in [0.5, 0.6) is 0 Å². The van der Waals surface area contributed by atoms with Gasteiger partial charge in [0.1, 0.15) is 5.69 Å². The molecule has 0 aliphatic carbocycles. The number of amides is 2. The first-order valence-corrected chi connectivity index (χ1v) is 9.97. The molecular weight excluding hydrogens is 380 g/mol. The van der Waals surface area contributed by atoms with Crippen LogP contribution in [0.1, 0.15) is 42.2 Å². The van der Waals surface area contributed by atoms with E-state index in [4.69, 9.17) is 0 Å². The van der Waals surface area contributed by atoms with Crippen molar-refractivity contribution in [2.24, 2.45) is 7.05 Å². The average molecular weight is 406 g/mol. The van der Waals surface area contributed by atoms with Crippen molar-refractivity contribution in [3.63, 3.8) is 0 Å². The van der Waals surface area contributed by atoms with Crippen LogP contribution in [0.25, 0.3) is 5.69 Å². The highest BCUT2D eigenvalue weighted by Gasteiger charge is 2.19. The molecule has 3 rings (SSSR count). The first-order valence-electron chi connectivity index (χ1n) is 9.97. The van der Waals surface area contributed by atoms with Crippen LogP contribution in [0.15, 0.2) is 59.4 Å². The van der Waals surface area contributed by atoms with Crippen molar-refractivity contribution in [2.75, 3.05) is 10.6 Å². The fourth-order valence-corrected chi connectivity index (χ4v) is 3.20. The van der Waals surface area contributed by atoms with Crippen LogP contribution in [0.4, 0.5) is 11.4 Å². The van der Waals surface area contributed by atoms with Crippen LogP contribution >= 0.6 is 0 Å². The molecule has 0 saturated carbocycles. The Labute approximate surface area is 175 Å². The molecular formula is C23H26N4O3. The van der Waals surface area contributed by atoms with Crippen LogP contribution in [0.3, 0.4) is 0 Å². The highest BCUT2D eigenvalue weighted by Crippen LogP contribution is 2.17. The van der Waals surface area contributed by atoms with Gasteiger partial charge in [0.15, 0.2) is 0 Å². The minimum Gasteiger partial charge on any atom is -0.326 e. The maximum Gasteiger partial charge on any atom is 0.295 e. The Morgan fingerprint density at radius 2 is 1.73 bits per heavy atom. The Balaban J connectivity index is 1.83. The van der Waals surface area contributed by atoms with Crippen molar-refractivity contribution in [3.8, 4) is 5.69 Å². The molecule has 7 nitrogen and oxygen atoms in total. The Morgan fingerprint density at radius 3 is 2.43 bits per heavy atom. The fourth-order valence-electron chi connectivity index (χ4n) is 3.20. The number of carbonyl (C=O) groups is 2. The number of rotatable bonds is 7. The van der Waals surface area contributed by atoms with Gasteiger partial charge in [0, 0.05) is 24.7 Å². The first-order chi connectivity index (χ1) is 14.4. The number of hydrogen-bond acceptors (Lipinski definition) is 3. The molecule has 156 valence electrons. The molecule has 0 radical (unpaired) electrons. The lowest BCUT2D eigenvalue weighted by atomic mass is 10.1. The van der Waals surface area contributed by atoms with E-state index in [1.54, 1.807) is 42.9 Å². The lowest BCUT2D eigenvalue weighted by Crippen LogP contribution is -2.23. The lowest BCUT2D eigenvalue weighted by Gasteiger charge is -2.08. The van der Waals surface area contributed by atoms with Crippen molar-refractivity contribution < 1.29 is 9.59 Å². The van der Waals surface area contributed by atoms with E-state index in [-0.39, 0.29) is 17.2 Å². The predicted molar refractivity (Wildman–Crippen MR) is 118 cm³/mol. The van der Waals surface area contributed by atoms with Gasteiger partial charge < -0.3 is 10.6 Å². The molecule has 0 aliphatic heterocycles. The molecule has 1 aromatic heterocycles. The predicted octanol–water partition coefficient (Wildman–Crippen LogP) is 3.87. The summed E-state index contributed by atoms with van der Waals surface area (Å²) in [4.78, 5) is 37.7. The molecule has 0 spiro atoms. The molecule has 1 heterocycles. The SMILES string of the molecule is CCCCC(=O)Nc1cccc(C(=O)Nc2c(C)n(C)n(-c3ccccc3)c2=O)c1. The van der Waals surface area contributed by atoms with E-state index in [9.17, 15) is 14.4 Å². The van der Waals surface area contributed by atoms with Crippen LogP contribution in [0.2, 0.25) is 0 Å². The smallest absolute Gasteiger partial charge is 0.295 e. The number of nitrogens with one attached hydrogen (secondary N) is 2. The molecule has 30 heavy (non-hydrogen) atoms. The van der Waals surface area contributed by atoms with Gasteiger partial charge in [-0.2, -0.15) is 0 Å². The number of para-hydroxylation sites is 1. The summed E-state index contributed by atoms with van der Waals surface area (Å²) in [5.74, 6) is -0.496. The number of hydrogen-bond donors (Lipinski definition) is 2. The van der Waals surface area contributed by atoms with Gasteiger partial charge in [-0.05, 0) is 43.7 Å². The van der Waals surface area contributed by atoms with E-state index in [1.807, 2.05) is 37.3 Å². The number of aromatic nitrogens is 2. The second kappa shape index (κ2) is 9.26. The average Bonchev–Trinajstić information content (AvgIpc) is 2.96. The Morgan fingerprint density at radius 1 is 1.00 bits per heavy atom. The lowest BCUT2D eigenvalue weighted by molar-refractivity contribution is -0.116. The standard InChI is InChI=1S/C23H26N4O3/c1-4-5-14-20(28)24-18-11-9-10-17(15-18)22(29)25-21-16(2)26(3)27(23(21)30)19-12-7-6-8-13-19/h6-13,15H,4-5,14H2,1-3H3,(H,24,28)(H,25,29). The Bertz CT molecular complexity index is 1110. The van der Waals surface area contributed by atoms with E-state index in [0.29, 0.717) is 29.1 Å². The monoisotopic (exact) mass is 406 g/mol. The molecule has 2 amide bonds. The van der Waals surface area contributed by atoms with Crippen molar-refractivity contribution in [3.05, 3.63) is 76.2 Å². The summed E-state index contributed by atoms with van der Waals surface area (Å²) in [6.45, 7) is 3.80. The van der Waals surface area contributed by atoms with E-state index < -0.39 is 5.91 Å². The van der Waals surface area contributed by atoms with Crippen molar-refractivity contribution in [1.82, 2.24) is 9.36 Å². The second-order valence-electron chi connectivity index (χ2n) is 7.12. The van der Waals surface area contributed by atoms with Crippen LogP contribution in [-0.2, 0) is 11.8 Å². The highest BCUT2D eigenvalue weighted by atomic mass is 16.2. The van der Waals surface area contributed by atoms with E-state index >= 15 is 0 Å². The van der Waals surface area contributed by atoms with E-state index in [0.717, 1.165) is 12.8 Å². The van der Waals surface area contributed by atoms with Gasteiger partial charge in [0.25, 0.3) is 11.5 Å². The summed E-state index contributed by atoms with van der Waals surface area (Å²) in [5, 5.41) is 5.54. The normalized spacial score (nSPS) is 10.6. The molecule has 0 bridgehead atoms. The van der Waals surface area contributed by atoms with Gasteiger partial charge in [-0.25, -0.2) is 4.68 Å². The number of anilines is 2. The summed E-state index contributed by atoms with van der Waals surface area (Å²) >= 11 is 0. The molecule has 7 heteroatoms. The Kier molecular flexibility index (Phi) is 6.51. The number of benzene rings is 2. The topological polar surface area (TPSA) is 85.1 Å². The molecule has 0 unspecified atom stereocenters. The molecule has 2 aromatic carbocycles. The van der Waals surface area contributed by atoms with Crippen molar-refractivity contribution in [1.29, 1.82) is 0 Å². The minimum absolute atomic E-state index is 0.0842. The van der Waals surface area contributed by atoms with Crippen LogP contribution in [0, 0.1) is 6.92 Å². The third kappa shape index (κ3) is 4.51. The van der Waals surface area contributed by atoms with E-state index in [2.05, 4.69) is 10.6 Å². The molecule has 3 aromatic rings. The maximum absolute atomic E-state index is 13.0. The number of unbranched alkanes of at least 4 members (excludes halogenated alkanes) is 1. The van der Waals surface area contributed by atoms with Gasteiger partial charge in [-0.15, -0.1) is 0 Å². The number of nitrogens with zero attached hydrogens (tertiary/aromatic N) is 2. The quantitative estimate of drug-likeness (QED) is 0.625. The Hall–Kier alpha value is -3.61. The van der Waals surface area contributed by atoms with Gasteiger partial charge in [0.2, 0.25) is 5.91 Å². The highest BCUT2D eigenvalue weighted by molar-refractivity contribution is 6.05. The van der Waals surface area contributed by atoms with Crippen molar-refractivity contribution in [2.45, 2.75) is 33.1 Å². The zero-order valence-electron chi connectivity index (χ0n) is 17.4. The minimum atomic E-state index is -0.411. The van der Waals surface area contributed by atoms with Crippen molar-refractivity contribution >= 4 is 23.2 Å².